The molecule has 0 unspecified atom stereocenters. The van der Waals surface area contributed by atoms with Crippen molar-refractivity contribution in [1.82, 2.24) is 9.97 Å². The van der Waals surface area contributed by atoms with Gasteiger partial charge >= 0.3 is 58.2 Å². The summed E-state index contributed by atoms with van der Waals surface area (Å²) < 4.78 is 0. The fourth-order valence-corrected chi connectivity index (χ4v) is 2.42. The average molecular weight is 402 g/mol. The molecule has 1 aromatic carbocycles. The van der Waals surface area contributed by atoms with Crippen molar-refractivity contribution in [2.45, 2.75) is 31.2 Å². The van der Waals surface area contributed by atoms with E-state index in [1.807, 2.05) is 24.3 Å². The van der Waals surface area contributed by atoms with Crippen LogP contribution >= 0.6 is 11.8 Å². The van der Waals surface area contributed by atoms with Gasteiger partial charge in [0.05, 0.1) is 5.75 Å². The molecule has 0 saturated carbocycles. The zero-order chi connectivity index (χ0) is 16.2. The topological polar surface area (TPSA) is 74.8 Å². The number of H-pyrrole nitrogens is 1. The van der Waals surface area contributed by atoms with Crippen LogP contribution in [0.2, 0.25) is 0 Å². The van der Waals surface area contributed by atoms with Gasteiger partial charge in [0, 0.05) is 5.69 Å². The van der Waals surface area contributed by atoms with Gasteiger partial charge in [-0.05, 0) is 28.1 Å². The second kappa shape index (κ2) is 9.27. The molecule has 2 aromatic rings. The number of carbonyl (C=O) groups excluding carboxylic acids is 1. The molecule has 1 amide bonds. The summed E-state index contributed by atoms with van der Waals surface area (Å²) in [6.45, 7) is 6.43. The van der Waals surface area contributed by atoms with Crippen LogP contribution in [0, 0.1) is 6.20 Å². The molecular weight excluding hydrogens is 384 g/mol. The fourth-order valence-electron chi connectivity index (χ4n) is 1.78. The summed E-state index contributed by atoms with van der Waals surface area (Å²) in [6, 6.07) is 9.34. The third kappa shape index (κ3) is 7.01. The zero-order valence-electron chi connectivity index (χ0n) is 13.8. The average Bonchev–Trinajstić information content (AvgIpc) is 2.45. The Hall–Kier alpha value is -0.275. The summed E-state index contributed by atoms with van der Waals surface area (Å²) in [4.78, 5) is 29.0. The Balaban J connectivity index is 0.00000264. The number of hydrogen-bond acceptors (Lipinski definition) is 4. The van der Waals surface area contributed by atoms with Crippen molar-refractivity contribution in [1.29, 1.82) is 0 Å². The van der Waals surface area contributed by atoms with Gasteiger partial charge < -0.3 is 20.1 Å². The first-order valence-corrected chi connectivity index (χ1v) is 7.84. The molecule has 0 fully saturated rings. The molecule has 5 nitrogen and oxygen atoms in total. The quantitative estimate of drug-likeness (QED) is 0.415. The number of thioether (sulfide) groups is 1. The van der Waals surface area contributed by atoms with Crippen LogP contribution < -0.4 is 69.2 Å². The zero-order valence-corrected chi connectivity index (χ0v) is 19.5. The summed E-state index contributed by atoms with van der Waals surface area (Å²) in [5.41, 5.74) is 1.58. The summed E-state index contributed by atoms with van der Waals surface area (Å²) in [6.07, 6.45) is 2.57. The minimum Gasteiger partial charge on any atom is -0.421 e. The predicted molar refractivity (Wildman–Crippen MR) is 88.2 cm³/mol. The Morgan fingerprint density at radius 1 is 1.30 bits per heavy atom. The van der Waals surface area contributed by atoms with Crippen LogP contribution in [0.5, 0.6) is 0 Å². The Labute approximate surface area is 188 Å². The normalized spacial score (nSPS) is 10.7. The van der Waals surface area contributed by atoms with Gasteiger partial charge in [-0.25, -0.2) is 0 Å². The maximum atomic E-state index is 11.9. The molecule has 2 N–H and O–H groups in total. The molecule has 23 heavy (non-hydrogen) atoms. The first-order chi connectivity index (χ1) is 10.3. The molecule has 7 heteroatoms. The number of aromatic amines is 1. The Morgan fingerprint density at radius 3 is 2.52 bits per heavy atom. The van der Waals surface area contributed by atoms with Crippen LogP contribution in [0.1, 0.15) is 26.3 Å². The van der Waals surface area contributed by atoms with E-state index in [4.69, 9.17) is 0 Å². The maximum absolute atomic E-state index is 11.9. The van der Waals surface area contributed by atoms with Gasteiger partial charge in [0.2, 0.25) is 11.6 Å². The number of nitrogens with one attached hydrogen (secondary N) is 2. The number of nitrogens with zero attached hydrogens (tertiary/aromatic N) is 1. The van der Waals surface area contributed by atoms with Gasteiger partial charge in [0.1, 0.15) is 0 Å². The molecule has 0 atom stereocenters. The third-order valence-electron chi connectivity index (χ3n) is 2.97. The number of amides is 1. The number of rotatable bonds is 4. The summed E-state index contributed by atoms with van der Waals surface area (Å²) in [7, 11) is 0. The number of benzene rings is 1. The van der Waals surface area contributed by atoms with E-state index in [1.165, 1.54) is 23.4 Å². The van der Waals surface area contributed by atoms with Crippen LogP contribution in [-0.2, 0) is 10.2 Å². The van der Waals surface area contributed by atoms with Crippen molar-refractivity contribution in [2.75, 3.05) is 11.1 Å². The Bertz CT molecular complexity index is 708. The van der Waals surface area contributed by atoms with E-state index < -0.39 is 5.69 Å². The molecular formula is C16H18N3O2RbS. The van der Waals surface area contributed by atoms with Crippen molar-refractivity contribution < 1.29 is 63.0 Å². The van der Waals surface area contributed by atoms with E-state index in [0.29, 0.717) is 5.03 Å². The van der Waals surface area contributed by atoms with Crippen molar-refractivity contribution in [3.63, 3.8) is 0 Å². The molecule has 0 radical (unpaired) electrons. The Kier molecular flexibility index (Phi) is 8.37. The minimum absolute atomic E-state index is 0. The monoisotopic (exact) mass is 401 g/mol. The van der Waals surface area contributed by atoms with Crippen LogP contribution in [0.4, 0.5) is 5.69 Å². The number of carbonyl (C=O) groups is 1. The van der Waals surface area contributed by atoms with E-state index in [1.54, 1.807) is 0 Å². The summed E-state index contributed by atoms with van der Waals surface area (Å²) in [5.74, 6) is 0.0429. The van der Waals surface area contributed by atoms with Gasteiger partial charge in [-0.1, -0.05) is 39.1 Å². The van der Waals surface area contributed by atoms with E-state index >= 15 is 0 Å². The molecule has 2 rings (SSSR count). The SMILES string of the molecule is CC(C)(C)c1ccc(NC(=O)CSc2c[c-][nH]c(=O)n2)cc1.[Rb+]. The van der Waals surface area contributed by atoms with Crippen molar-refractivity contribution >= 4 is 23.4 Å². The van der Waals surface area contributed by atoms with Crippen molar-refractivity contribution in [2.24, 2.45) is 0 Å². The Morgan fingerprint density at radius 2 is 1.96 bits per heavy atom. The fraction of sp³-hybridized carbons (Fsp3) is 0.312. The molecule has 1 heterocycles. The molecule has 0 bridgehead atoms. The second-order valence-electron chi connectivity index (χ2n) is 5.83. The summed E-state index contributed by atoms with van der Waals surface area (Å²) >= 11 is 1.19. The first kappa shape index (κ1) is 20.8. The van der Waals surface area contributed by atoms with E-state index in [-0.39, 0.29) is 75.3 Å². The molecule has 1 aromatic heterocycles. The van der Waals surface area contributed by atoms with E-state index in [2.05, 4.69) is 42.3 Å². The van der Waals surface area contributed by atoms with Crippen molar-refractivity contribution in [3.05, 3.63) is 52.6 Å². The molecule has 0 saturated heterocycles. The largest absolute Gasteiger partial charge is 1.00 e. The predicted octanol–water partition coefficient (Wildman–Crippen LogP) is -0.398. The van der Waals surface area contributed by atoms with Gasteiger partial charge in [-0.3, -0.25) is 4.79 Å². The smallest absolute Gasteiger partial charge is 0.421 e. The van der Waals surface area contributed by atoms with Gasteiger partial charge in [-0.2, -0.15) is 11.8 Å². The number of aromatic nitrogens is 2. The van der Waals surface area contributed by atoms with Crippen molar-refractivity contribution in [3.8, 4) is 0 Å². The first-order valence-electron chi connectivity index (χ1n) is 6.85. The second-order valence-corrected chi connectivity index (χ2v) is 6.83. The molecule has 0 aliphatic heterocycles. The van der Waals surface area contributed by atoms with Crippen LogP contribution in [0.3, 0.4) is 0 Å². The molecule has 116 valence electrons. The van der Waals surface area contributed by atoms with Crippen LogP contribution in [0.25, 0.3) is 0 Å². The van der Waals surface area contributed by atoms with Gasteiger partial charge in [0.25, 0.3) is 0 Å². The van der Waals surface area contributed by atoms with Gasteiger partial charge in [-0.15, -0.1) is 6.07 Å². The number of anilines is 1. The van der Waals surface area contributed by atoms with Crippen LogP contribution in [0.15, 0.2) is 40.2 Å². The minimum atomic E-state index is -0.469. The molecule has 0 aliphatic carbocycles. The van der Waals surface area contributed by atoms with Crippen LogP contribution in [-0.4, -0.2) is 21.6 Å². The third-order valence-corrected chi connectivity index (χ3v) is 3.88. The molecule has 0 spiro atoms. The van der Waals surface area contributed by atoms with Gasteiger partial charge in [0.15, 0.2) is 0 Å². The van der Waals surface area contributed by atoms with E-state index in [9.17, 15) is 9.59 Å². The maximum Gasteiger partial charge on any atom is 1.00 e. The number of hydrogen-bond donors (Lipinski definition) is 2. The van der Waals surface area contributed by atoms with E-state index in [0.717, 1.165) is 5.69 Å². The molecule has 0 aliphatic rings. The summed E-state index contributed by atoms with van der Waals surface area (Å²) in [5, 5.41) is 3.30. The standard InChI is InChI=1S/C16H18N3O2S.Rb/c1-16(2,3)11-4-6-12(7-5-11)18-13(20)10-22-14-8-9-17-15(21)19-14;/h4-8H,10H2,1-3H3,(H,18,20)(H,17,19,21);/q-1;+1.